The number of nitrogens with zero attached hydrogens (tertiary/aromatic N) is 2. The SMILES string of the molecule is C[C@@H](OCC(F)(F)F)C(=O)NCCN1CCN(Cc2ccccc2)CC1. The molecule has 1 aromatic carbocycles. The summed E-state index contributed by atoms with van der Waals surface area (Å²) >= 11 is 0. The lowest BCUT2D eigenvalue weighted by atomic mass is 10.2. The van der Waals surface area contributed by atoms with E-state index in [1.165, 1.54) is 12.5 Å². The first-order valence-corrected chi connectivity index (χ1v) is 8.78. The molecule has 1 atom stereocenters. The van der Waals surface area contributed by atoms with E-state index >= 15 is 0 Å². The number of hydrogen-bond acceptors (Lipinski definition) is 4. The average Bonchev–Trinajstić information content (AvgIpc) is 2.61. The Hall–Kier alpha value is -1.64. The molecule has 1 aliphatic heterocycles. The molecule has 1 amide bonds. The molecule has 0 bridgehead atoms. The predicted octanol–water partition coefficient (Wildman–Crippen LogP) is 1.89. The number of benzene rings is 1. The van der Waals surface area contributed by atoms with Gasteiger partial charge in [0.2, 0.25) is 5.91 Å². The number of alkyl halides is 3. The zero-order chi connectivity index (χ0) is 19.0. The Morgan fingerprint density at radius 1 is 1.15 bits per heavy atom. The van der Waals surface area contributed by atoms with Crippen LogP contribution in [0.25, 0.3) is 0 Å². The normalized spacial score (nSPS) is 17.8. The number of ether oxygens (including phenoxy) is 1. The van der Waals surface area contributed by atoms with Crippen LogP contribution >= 0.6 is 0 Å². The van der Waals surface area contributed by atoms with Gasteiger partial charge in [-0.25, -0.2) is 0 Å². The van der Waals surface area contributed by atoms with Crippen molar-refractivity contribution in [3.8, 4) is 0 Å². The molecular formula is C18H26F3N3O2. The molecule has 2 rings (SSSR count). The Morgan fingerprint density at radius 3 is 2.38 bits per heavy atom. The van der Waals surface area contributed by atoms with Crippen molar-refractivity contribution in [1.82, 2.24) is 15.1 Å². The van der Waals surface area contributed by atoms with Gasteiger partial charge in [-0.1, -0.05) is 30.3 Å². The molecule has 26 heavy (non-hydrogen) atoms. The minimum Gasteiger partial charge on any atom is -0.359 e. The summed E-state index contributed by atoms with van der Waals surface area (Å²) in [6, 6.07) is 10.3. The minimum absolute atomic E-state index is 0.400. The number of piperazine rings is 1. The summed E-state index contributed by atoms with van der Waals surface area (Å²) < 4.78 is 40.8. The molecule has 0 aliphatic carbocycles. The van der Waals surface area contributed by atoms with Gasteiger partial charge in [0.05, 0.1) is 0 Å². The third-order valence-corrected chi connectivity index (χ3v) is 4.31. The van der Waals surface area contributed by atoms with Crippen LogP contribution in [-0.4, -0.2) is 73.9 Å². The molecule has 146 valence electrons. The van der Waals surface area contributed by atoms with Gasteiger partial charge in [-0.3, -0.25) is 14.6 Å². The third kappa shape index (κ3) is 7.72. The summed E-state index contributed by atoms with van der Waals surface area (Å²) in [5.74, 6) is -0.517. The molecule has 5 nitrogen and oxygen atoms in total. The molecule has 1 heterocycles. The Morgan fingerprint density at radius 2 is 1.77 bits per heavy atom. The number of carbonyl (C=O) groups is 1. The molecule has 0 saturated carbocycles. The van der Waals surface area contributed by atoms with Crippen molar-refractivity contribution < 1.29 is 22.7 Å². The van der Waals surface area contributed by atoms with Gasteiger partial charge < -0.3 is 10.1 Å². The van der Waals surface area contributed by atoms with Crippen LogP contribution in [0, 0.1) is 0 Å². The maximum absolute atomic E-state index is 12.1. The molecular weight excluding hydrogens is 347 g/mol. The van der Waals surface area contributed by atoms with E-state index in [0.29, 0.717) is 13.1 Å². The van der Waals surface area contributed by atoms with Gasteiger partial charge in [0.25, 0.3) is 0 Å². The largest absolute Gasteiger partial charge is 0.411 e. The second-order valence-electron chi connectivity index (χ2n) is 6.46. The van der Waals surface area contributed by atoms with E-state index in [0.717, 1.165) is 32.7 Å². The van der Waals surface area contributed by atoms with Crippen LogP contribution in [-0.2, 0) is 16.1 Å². The fraction of sp³-hybridized carbons (Fsp3) is 0.611. The lowest BCUT2D eigenvalue weighted by molar-refractivity contribution is -0.185. The van der Waals surface area contributed by atoms with Gasteiger partial charge in [0.15, 0.2) is 0 Å². The number of rotatable bonds is 8. The highest BCUT2D eigenvalue weighted by atomic mass is 19.4. The zero-order valence-corrected chi connectivity index (χ0v) is 15.0. The van der Waals surface area contributed by atoms with Crippen LogP contribution in [0.1, 0.15) is 12.5 Å². The Bertz CT molecular complexity index is 546. The molecule has 0 unspecified atom stereocenters. The molecule has 1 fully saturated rings. The monoisotopic (exact) mass is 373 g/mol. The van der Waals surface area contributed by atoms with Crippen LogP contribution in [0.2, 0.25) is 0 Å². The van der Waals surface area contributed by atoms with Gasteiger partial charge in [0.1, 0.15) is 12.7 Å². The summed E-state index contributed by atoms with van der Waals surface area (Å²) in [7, 11) is 0. The fourth-order valence-corrected chi connectivity index (χ4v) is 2.79. The molecule has 1 saturated heterocycles. The fourth-order valence-electron chi connectivity index (χ4n) is 2.79. The first-order chi connectivity index (χ1) is 12.3. The third-order valence-electron chi connectivity index (χ3n) is 4.31. The first-order valence-electron chi connectivity index (χ1n) is 8.78. The Kier molecular flexibility index (Phi) is 7.86. The smallest absolute Gasteiger partial charge is 0.359 e. The summed E-state index contributed by atoms with van der Waals surface area (Å²) in [5.41, 5.74) is 1.29. The summed E-state index contributed by atoms with van der Waals surface area (Å²) in [6.07, 6.45) is -5.53. The number of nitrogens with one attached hydrogen (secondary N) is 1. The van der Waals surface area contributed by atoms with Crippen molar-refractivity contribution in [3.63, 3.8) is 0 Å². The molecule has 0 spiro atoms. The van der Waals surface area contributed by atoms with E-state index < -0.39 is 24.8 Å². The van der Waals surface area contributed by atoms with Crippen molar-refractivity contribution in [1.29, 1.82) is 0 Å². The first kappa shape index (κ1) is 20.7. The highest BCUT2D eigenvalue weighted by Gasteiger charge is 2.29. The van der Waals surface area contributed by atoms with Crippen molar-refractivity contribution in [2.75, 3.05) is 45.9 Å². The molecule has 1 N–H and O–H groups in total. The lowest BCUT2D eigenvalue weighted by Crippen LogP contribution is -2.48. The minimum atomic E-state index is -4.42. The van der Waals surface area contributed by atoms with Crippen molar-refractivity contribution in [2.24, 2.45) is 0 Å². The maximum Gasteiger partial charge on any atom is 0.411 e. The average molecular weight is 373 g/mol. The zero-order valence-electron chi connectivity index (χ0n) is 15.0. The number of halogens is 3. The number of hydrogen-bond donors (Lipinski definition) is 1. The summed E-state index contributed by atoms with van der Waals surface area (Å²) in [4.78, 5) is 16.4. The van der Waals surface area contributed by atoms with Crippen molar-refractivity contribution in [2.45, 2.75) is 25.7 Å². The van der Waals surface area contributed by atoms with E-state index in [1.807, 2.05) is 18.2 Å². The molecule has 0 aromatic heterocycles. The van der Waals surface area contributed by atoms with Crippen LogP contribution in [0.3, 0.4) is 0 Å². The topological polar surface area (TPSA) is 44.8 Å². The van der Waals surface area contributed by atoms with E-state index in [1.54, 1.807) is 0 Å². The van der Waals surface area contributed by atoms with Crippen molar-refractivity contribution >= 4 is 5.91 Å². The second-order valence-corrected chi connectivity index (χ2v) is 6.46. The predicted molar refractivity (Wildman–Crippen MR) is 92.6 cm³/mol. The Labute approximate surface area is 152 Å². The standard InChI is InChI=1S/C18H26F3N3O2/c1-15(26-14-18(19,20)21)17(25)22-7-8-23-9-11-24(12-10-23)13-16-5-3-2-4-6-16/h2-6,15H,7-14H2,1H3,(H,22,25)/t15-/m1/s1. The molecule has 1 aromatic rings. The van der Waals surface area contributed by atoms with Crippen LogP contribution in [0.5, 0.6) is 0 Å². The van der Waals surface area contributed by atoms with Crippen LogP contribution < -0.4 is 5.32 Å². The van der Waals surface area contributed by atoms with Gasteiger partial charge in [-0.2, -0.15) is 13.2 Å². The van der Waals surface area contributed by atoms with Gasteiger partial charge in [0, 0.05) is 45.8 Å². The van der Waals surface area contributed by atoms with Crippen molar-refractivity contribution in [3.05, 3.63) is 35.9 Å². The summed E-state index contributed by atoms with van der Waals surface area (Å²) in [6.45, 7) is 5.63. The summed E-state index contributed by atoms with van der Waals surface area (Å²) in [5, 5.41) is 2.63. The maximum atomic E-state index is 12.1. The highest BCUT2D eigenvalue weighted by Crippen LogP contribution is 2.15. The number of amides is 1. The molecule has 0 radical (unpaired) electrons. The van der Waals surface area contributed by atoms with Crippen LogP contribution in [0.15, 0.2) is 30.3 Å². The molecule has 8 heteroatoms. The Balaban J connectivity index is 1.59. The quantitative estimate of drug-likeness (QED) is 0.756. The van der Waals surface area contributed by atoms with Gasteiger partial charge in [-0.15, -0.1) is 0 Å². The van der Waals surface area contributed by atoms with Gasteiger partial charge >= 0.3 is 6.18 Å². The van der Waals surface area contributed by atoms with E-state index in [-0.39, 0.29) is 0 Å². The molecule has 1 aliphatic rings. The lowest BCUT2D eigenvalue weighted by Gasteiger charge is -2.34. The van der Waals surface area contributed by atoms with E-state index in [4.69, 9.17) is 0 Å². The van der Waals surface area contributed by atoms with Crippen LogP contribution in [0.4, 0.5) is 13.2 Å². The second kappa shape index (κ2) is 9.89. The number of carbonyl (C=O) groups excluding carboxylic acids is 1. The van der Waals surface area contributed by atoms with E-state index in [2.05, 4.69) is 32.0 Å². The van der Waals surface area contributed by atoms with E-state index in [9.17, 15) is 18.0 Å². The van der Waals surface area contributed by atoms with Gasteiger partial charge in [-0.05, 0) is 12.5 Å². The highest BCUT2D eigenvalue weighted by molar-refractivity contribution is 5.80.